The summed E-state index contributed by atoms with van der Waals surface area (Å²) >= 11 is 0. The van der Waals surface area contributed by atoms with E-state index in [4.69, 9.17) is 5.73 Å². The summed E-state index contributed by atoms with van der Waals surface area (Å²) in [7, 11) is -6.00. The number of hydrogen-bond acceptors (Lipinski definition) is 1. The van der Waals surface area contributed by atoms with Gasteiger partial charge in [-0.25, -0.2) is 9.55 Å². The summed E-state index contributed by atoms with van der Waals surface area (Å²) in [6, 6.07) is 0. The zero-order valence-electron chi connectivity index (χ0n) is 7.68. The predicted molar refractivity (Wildman–Crippen MR) is 45.0 cm³/mol. The van der Waals surface area contributed by atoms with Crippen molar-refractivity contribution in [2.75, 3.05) is 6.54 Å². The van der Waals surface area contributed by atoms with E-state index in [1.807, 2.05) is 19.3 Å². The lowest BCUT2D eigenvalue weighted by Gasteiger charge is -1.94. The minimum atomic E-state index is -6.00. The zero-order chi connectivity index (χ0) is 11.2. The highest BCUT2D eigenvalue weighted by Gasteiger charge is 2.20. The Morgan fingerprint density at radius 1 is 1.43 bits per heavy atom. The van der Waals surface area contributed by atoms with E-state index < -0.39 is 7.25 Å². The third kappa shape index (κ3) is 7.60. The van der Waals surface area contributed by atoms with Crippen LogP contribution in [0.15, 0.2) is 12.4 Å². The molecule has 0 aromatic carbocycles. The number of aromatic nitrogens is 2. The van der Waals surface area contributed by atoms with Crippen LogP contribution in [0.3, 0.4) is 0 Å². The topological polar surface area (TPSA) is 45.7 Å². The van der Waals surface area contributed by atoms with Crippen LogP contribution in [0, 0.1) is 6.92 Å². The van der Waals surface area contributed by atoms with E-state index in [0.717, 1.165) is 12.4 Å². The number of aryl methyl sites for hydroxylation is 1. The average Bonchev–Trinajstić information content (AvgIpc) is 2.34. The Morgan fingerprint density at radius 2 is 1.93 bits per heavy atom. The van der Waals surface area contributed by atoms with Crippen LogP contribution in [0.4, 0.5) is 17.3 Å². The van der Waals surface area contributed by atoms with Crippen LogP contribution in [0.5, 0.6) is 0 Å². The summed E-state index contributed by atoms with van der Waals surface area (Å²) < 4.78 is 41.1. The monoisotopic (exact) mass is 213 g/mol. The number of halogens is 4. The van der Waals surface area contributed by atoms with Crippen molar-refractivity contribution in [3.8, 4) is 0 Å². The van der Waals surface area contributed by atoms with Gasteiger partial charge >= 0.3 is 7.25 Å². The van der Waals surface area contributed by atoms with E-state index >= 15 is 0 Å². The van der Waals surface area contributed by atoms with Gasteiger partial charge in [0.25, 0.3) is 5.82 Å². The predicted octanol–water partition coefficient (Wildman–Crippen LogP) is 0.869. The largest absolute Gasteiger partial charge is 0.673 e. The summed E-state index contributed by atoms with van der Waals surface area (Å²) in [4.78, 5) is 3.06. The van der Waals surface area contributed by atoms with Crippen molar-refractivity contribution in [3.05, 3.63) is 18.2 Å². The Morgan fingerprint density at radius 3 is 2.21 bits per heavy atom. The number of nitrogens with two attached hydrogens (primary N) is 1. The molecule has 1 rings (SSSR count). The molecule has 0 spiro atoms. The van der Waals surface area contributed by atoms with Gasteiger partial charge in [0.1, 0.15) is 18.9 Å². The van der Waals surface area contributed by atoms with E-state index in [1.54, 1.807) is 0 Å². The Balaban J connectivity index is 0.000000292. The third-order valence-corrected chi connectivity index (χ3v) is 1.35. The first-order chi connectivity index (χ1) is 6.34. The third-order valence-electron chi connectivity index (χ3n) is 1.35. The maximum absolute atomic E-state index is 9.75. The second-order valence-electron chi connectivity index (χ2n) is 2.52. The molecular weight excluding hydrogens is 201 g/mol. The van der Waals surface area contributed by atoms with Gasteiger partial charge in [-0.05, 0) is 0 Å². The molecule has 0 fully saturated rings. The summed E-state index contributed by atoms with van der Waals surface area (Å²) in [5.74, 6) is 1.15. The second-order valence-corrected chi connectivity index (χ2v) is 2.52. The molecular formula is C6H12BF4N3. The van der Waals surface area contributed by atoms with Gasteiger partial charge in [0, 0.05) is 13.5 Å². The molecule has 1 aromatic heterocycles. The van der Waals surface area contributed by atoms with Crippen LogP contribution >= 0.6 is 0 Å². The molecule has 0 saturated carbocycles. The molecule has 0 aliphatic carbocycles. The molecule has 0 amide bonds. The molecule has 82 valence electrons. The van der Waals surface area contributed by atoms with Crippen LogP contribution in [-0.4, -0.2) is 18.8 Å². The molecule has 0 radical (unpaired) electrons. The lowest BCUT2D eigenvalue weighted by atomic mass is 10.3. The molecule has 0 bridgehead atoms. The maximum Gasteiger partial charge on any atom is 0.673 e. The number of hydrogen-bond donors (Lipinski definition) is 2. The maximum atomic E-state index is 9.75. The van der Waals surface area contributed by atoms with Gasteiger partial charge in [-0.2, -0.15) is 0 Å². The number of nitrogens with one attached hydrogen (secondary N) is 1. The zero-order valence-corrected chi connectivity index (χ0v) is 7.68. The van der Waals surface area contributed by atoms with Crippen LogP contribution in [0.1, 0.15) is 5.82 Å². The smallest absolute Gasteiger partial charge is 0.418 e. The normalized spacial score (nSPS) is 10.7. The summed E-state index contributed by atoms with van der Waals surface area (Å²) in [6.45, 7) is 3.62. The van der Waals surface area contributed by atoms with Crippen molar-refractivity contribution >= 4 is 7.25 Å². The van der Waals surface area contributed by atoms with Crippen LogP contribution < -0.4 is 10.3 Å². The highest BCUT2D eigenvalue weighted by Crippen LogP contribution is 2.06. The number of aromatic amines is 1. The highest BCUT2D eigenvalue weighted by atomic mass is 19.5. The van der Waals surface area contributed by atoms with Crippen molar-refractivity contribution in [2.45, 2.75) is 13.5 Å². The molecule has 8 heteroatoms. The van der Waals surface area contributed by atoms with Crippen molar-refractivity contribution < 1.29 is 21.8 Å². The SMILES string of the molecule is Cc1[nH]cc[n+]1CCN.F[B-](F)(F)F. The number of nitrogens with zero attached hydrogens (tertiary/aromatic N) is 1. The van der Waals surface area contributed by atoms with Crippen molar-refractivity contribution in [1.29, 1.82) is 0 Å². The van der Waals surface area contributed by atoms with Gasteiger partial charge in [0.2, 0.25) is 0 Å². The lowest BCUT2D eigenvalue weighted by molar-refractivity contribution is -0.699. The lowest BCUT2D eigenvalue weighted by Crippen LogP contribution is -2.38. The molecule has 3 nitrogen and oxygen atoms in total. The molecule has 0 aliphatic heterocycles. The average molecular weight is 213 g/mol. The fraction of sp³-hybridized carbons (Fsp3) is 0.500. The summed E-state index contributed by atoms with van der Waals surface area (Å²) in [6.07, 6.45) is 3.90. The molecule has 0 unspecified atom stereocenters. The number of rotatable bonds is 2. The van der Waals surface area contributed by atoms with Gasteiger partial charge in [-0.15, -0.1) is 0 Å². The van der Waals surface area contributed by atoms with Crippen LogP contribution in [0.2, 0.25) is 0 Å². The van der Waals surface area contributed by atoms with E-state index in [0.29, 0.717) is 6.54 Å². The minimum absolute atomic E-state index is 0.698. The highest BCUT2D eigenvalue weighted by molar-refractivity contribution is 6.50. The Labute approximate surface area is 79.0 Å². The molecule has 1 heterocycles. The molecule has 14 heavy (non-hydrogen) atoms. The first kappa shape index (κ1) is 13.0. The van der Waals surface area contributed by atoms with Crippen LogP contribution in [0.25, 0.3) is 0 Å². The molecule has 0 atom stereocenters. The fourth-order valence-electron chi connectivity index (χ4n) is 0.824. The Hall–Kier alpha value is -1.05. The van der Waals surface area contributed by atoms with Gasteiger partial charge in [0.05, 0.1) is 0 Å². The fourth-order valence-corrected chi connectivity index (χ4v) is 0.824. The van der Waals surface area contributed by atoms with Gasteiger partial charge in [-0.1, -0.05) is 0 Å². The van der Waals surface area contributed by atoms with E-state index in [9.17, 15) is 17.3 Å². The molecule has 0 saturated heterocycles. The van der Waals surface area contributed by atoms with Crippen molar-refractivity contribution in [2.24, 2.45) is 5.73 Å². The number of imidazole rings is 1. The van der Waals surface area contributed by atoms with E-state index in [-0.39, 0.29) is 0 Å². The number of H-pyrrole nitrogens is 1. The van der Waals surface area contributed by atoms with Crippen LogP contribution in [-0.2, 0) is 6.54 Å². The molecule has 1 aromatic rings. The van der Waals surface area contributed by atoms with Gasteiger partial charge < -0.3 is 23.0 Å². The van der Waals surface area contributed by atoms with Crippen molar-refractivity contribution in [3.63, 3.8) is 0 Å². The standard InChI is InChI=1S/C6H11N3.BF4/c1-6-8-3-5-9(6)4-2-7;2-1(3,4)5/h3,5H,2,4,7H2,1H3;/q;-1/p+1. The second kappa shape index (κ2) is 5.64. The van der Waals surface area contributed by atoms with Crippen molar-refractivity contribution in [1.82, 2.24) is 4.98 Å². The van der Waals surface area contributed by atoms with E-state index in [2.05, 4.69) is 9.55 Å². The van der Waals surface area contributed by atoms with E-state index in [1.165, 1.54) is 0 Å². The molecule has 0 aliphatic rings. The first-order valence-corrected chi connectivity index (χ1v) is 3.95. The summed E-state index contributed by atoms with van der Waals surface area (Å²) in [5, 5.41) is 0. The molecule has 3 N–H and O–H groups in total. The van der Waals surface area contributed by atoms with Gasteiger partial charge in [-0.3, -0.25) is 0 Å². The van der Waals surface area contributed by atoms with Gasteiger partial charge in [0.15, 0.2) is 0 Å². The first-order valence-electron chi connectivity index (χ1n) is 3.95. The Kier molecular flexibility index (Phi) is 5.22. The minimum Gasteiger partial charge on any atom is -0.418 e. The quantitative estimate of drug-likeness (QED) is 0.427. The Bertz CT molecular complexity index is 254. The summed E-state index contributed by atoms with van der Waals surface area (Å²) in [5.41, 5.74) is 5.35.